The summed E-state index contributed by atoms with van der Waals surface area (Å²) in [5.41, 5.74) is 3.41. The number of aryl methyl sites for hydroxylation is 2. The van der Waals surface area contributed by atoms with Crippen molar-refractivity contribution in [2.45, 2.75) is 26.9 Å². The lowest BCUT2D eigenvalue weighted by molar-refractivity contribution is -0.669. The molecule has 1 aliphatic rings. The van der Waals surface area contributed by atoms with Crippen LogP contribution in [0.3, 0.4) is 0 Å². The number of anilines is 2. The summed E-state index contributed by atoms with van der Waals surface area (Å²) >= 11 is 0. The van der Waals surface area contributed by atoms with Gasteiger partial charge in [-0.15, -0.1) is 0 Å². The van der Waals surface area contributed by atoms with E-state index in [0.717, 1.165) is 35.1 Å². The number of H-pyrrole nitrogens is 1. The van der Waals surface area contributed by atoms with Crippen molar-refractivity contribution in [1.29, 1.82) is 0 Å². The molecule has 0 aliphatic carbocycles. The Labute approximate surface area is 191 Å². The third kappa shape index (κ3) is 3.51. The molecule has 33 heavy (non-hydrogen) atoms. The van der Waals surface area contributed by atoms with E-state index in [-0.39, 0.29) is 17.8 Å². The quantitative estimate of drug-likeness (QED) is 0.489. The SMILES string of the molecule is COc1cccc(N2C[C@H](C)C[n+]3c2[nH]c2c3c(=O)n(Cc3cccc(C)c3)c(=O)n2C)c1. The minimum absolute atomic E-state index is 0.235. The molecule has 0 saturated heterocycles. The topological polar surface area (TPSA) is 76.1 Å². The van der Waals surface area contributed by atoms with Gasteiger partial charge in [0.05, 0.1) is 26.7 Å². The van der Waals surface area contributed by atoms with E-state index in [1.807, 2.05) is 60.0 Å². The number of nitrogens with one attached hydrogen (secondary N) is 1. The first-order valence-corrected chi connectivity index (χ1v) is 11.1. The van der Waals surface area contributed by atoms with E-state index in [4.69, 9.17) is 4.74 Å². The fourth-order valence-corrected chi connectivity index (χ4v) is 4.71. The molecule has 0 unspecified atom stereocenters. The maximum absolute atomic E-state index is 13.6. The highest BCUT2D eigenvalue weighted by Gasteiger charge is 2.36. The van der Waals surface area contributed by atoms with E-state index in [2.05, 4.69) is 16.8 Å². The van der Waals surface area contributed by atoms with Gasteiger partial charge in [0, 0.05) is 19.0 Å². The van der Waals surface area contributed by atoms with Gasteiger partial charge < -0.3 is 4.74 Å². The van der Waals surface area contributed by atoms with Crippen molar-refractivity contribution in [3.05, 3.63) is 80.5 Å². The lowest BCUT2D eigenvalue weighted by Crippen LogP contribution is -2.52. The summed E-state index contributed by atoms with van der Waals surface area (Å²) in [5, 5.41) is 0. The van der Waals surface area contributed by atoms with Crippen LogP contribution in [0.25, 0.3) is 11.2 Å². The summed E-state index contributed by atoms with van der Waals surface area (Å²) in [7, 11) is 3.35. The van der Waals surface area contributed by atoms with Crippen LogP contribution in [0.5, 0.6) is 5.75 Å². The number of fused-ring (bicyclic) bond motifs is 3. The average molecular weight is 447 g/mol. The maximum atomic E-state index is 13.6. The maximum Gasteiger partial charge on any atom is 0.364 e. The van der Waals surface area contributed by atoms with Crippen molar-refractivity contribution in [3.8, 4) is 5.75 Å². The Hall–Kier alpha value is -3.81. The number of ether oxygens (including phenoxy) is 1. The van der Waals surface area contributed by atoms with Crippen LogP contribution in [0.2, 0.25) is 0 Å². The van der Waals surface area contributed by atoms with Crippen LogP contribution in [0.4, 0.5) is 11.6 Å². The van der Waals surface area contributed by atoms with E-state index >= 15 is 0 Å². The Balaban J connectivity index is 1.71. The Kier molecular flexibility index (Phi) is 5.08. The molecule has 1 atom stereocenters. The summed E-state index contributed by atoms with van der Waals surface area (Å²) in [6, 6.07) is 15.7. The van der Waals surface area contributed by atoms with Crippen LogP contribution < -0.4 is 25.5 Å². The minimum Gasteiger partial charge on any atom is -0.497 e. The third-order valence-electron chi connectivity index (χ3n) is 6.31. The summed E-state index contributed by atoms with van der Waals surface area (Å²) < 4.78 is 10.3. The zero-order valence-electron chi connectivity index (χ0n) is 19.3. The number of hydrogen-bond donors (Lipinski definition) is 1. The molecule has 3 heterocycles. The summed E-state index contributed by atoms with van der Waals surface area (Å²) in [6.45, 7) is 5.87. The summed E-state index contributed by atoms with van der Waals surface area (Å²) in [6.07, 6.45) is 0. The molecule has 1 aliphatic heterocycles. The molecule has 0 amide bonds. The van der Waals surface area contributed by atoms with Gasteiger partial charge in [-0.3, -0.25) is 13.9 Å². The molecule has 8 heteroatoms. The molecular weight excluding hydrogens is 418 g/mol. The van der Waals surface area contributed by atoms with Gasteiger partial charge >= 0.3 is 11.6 Å². The number of imidazole rings is 1. The van der Waals surface area contributed by atoms with Gasteiger partial charge in [0.1, 0.15) is 11.4 Å². The first-order chi connectivity index (χ1) is 15.9. The van der Waals surface area contributed by atoms with Crippen molar-refractivity contribution < 1.29 is 9.30 Å². The Morgan fingerprint density at radius 2 is 1.94 bits per heavy atom. The first-order valence-electron chi connectivity index (χ1n) is 11.1. The zero-order chi connectivity index (χ0) is 23.3. The molecule has 2 aromatic carbocycles. The van der Waals surface area contributed by atoms with Gasteiger partial charge in [-0.2, -0.15) is 0 Å². The number of aromatic nitrogens is 4. The highest BCUT2D eigenvalue weighted by Crippen LogP contribution is 2.30. The molecule has 8 nitrogen and oxygen atoms in total. The number of nitrogens with zero attached hydrogens (tertiary/aromatic N) is 4. The molecule has 0 saturated carbocycles. The number of rotatable bonds is 4. The molecule has 5 rings (SSSR count). The monoisotopic (exact) mass is 446 g/mol. The highest BCUT2D eigenvalue weighted by molar-refractivity contribution is 5.70. The molecule has 0 bridgehead atoms. The predicted molar refractivity (Wildman–Crippen MR) is 127 cm³/mol. The molecular formula is C25H28N5O3+. The third-order valence-corrected chi connectivity index (χ3v) is 6.31. The van der Waals surface area contributed by atoms with Crippen LogP contribution in [0, 0.1) is 12.8 Å². The Morgan fingerprint density at radius 3 is 2.70 bits per heavy atom. The molecule has 4 aromatic rings. The van der Waals surface area contributed by atoms with E-state index in [0.29, 0.717) is 23.6 Å². The van der Waals surface area contributed by atoms with E-state index < -0.39 is 0 Å². The van der Waals surface area contributed by atoms with Crippen LogP contribution in [0.15, 0.2) is 58.1 Å². The molecule has 0 fully saturated rings. The lowest BCUT2D eigenvalue weighted by atomic mass is 10.1. The van der Waals surface area contributed by atoms with Crippen molar-refractivity contribution >= 4 is 22.8 Å². The summed E-state index contributed by atoms with van der Waals surface area (Å²) in [4.78, 5) is 32.3. The normalized spacial score (nSPS) is 15.6. The van der Waals surface area contributed by atoms with Crippen LogP contribution in [0.1, 0.15) is 18.1 Å². The van der Waals surface area contributed by atoms with Crippen molar-refractivity contribution in [3.63, 3.8) is 0 Å². The number of hydrogen-bond acceptors (Lipinski definition) is 4. The predicted octanol–water partition coefficient (Wildman–Crippen LogP) is 2.47. The highest BCUT2D eigenvalue weighted by atomic mass is 16.5. The van der Waals surface area contributed by atoms with Crippen molar-refractivity contribution in [2.75, 3.05) is 18.6 Å². The van der Waals surface area contributed by atoms with Crippen molar-refractivity contribution in [2.24, 2.45) is 13.0 Å². The second-order valence-electron chi connectivity index (χ2n) is 8.90. The molecule has 2 aromatic heterocycles. The lowest BCUT2D eigenvalue weighted by Gasteiger charge is -2.26. The molecule has 170 valence electrons. The second kappa shape index (κ2) is 7.95. The standard InChI is InChI=1S/C25H27N5O3/c1-16-7-5-8-18(11-16)15-30-23(31)21-22(27(3)25(30)32)26-24-28(13-17(2)14-29(21)24)19-9-6-10-20(12-19)33-4/h5-12,17H,13-15H2,1-4H3/p+1/t17-/m0/s1. The van der Waals surface area contributed by atoms with Gasteiger partial charge in [-0.25, -0.2) is 19.2 Å². The number of aromatic amines is 1. The molecule has 1 N–H and O–H groups in total. The molecule has 0 radical (unpaired) electrons. The fraction of sp³-hybridized carbons (Fsp3) is 0.320. The van der Waals surface area contributed by atoms with Gasteiger partial charge in [-0.05, 0) is 24.6 Å². The molecule has 0 spiro atoms. The van der Waals surface area contributed by atoms with E-state index in [9.17, 15) is 9.59 Å². The fourth-order valence-electron chi connectivity index (χ4n) is 4.71. The van der Waals surface area contributed by atoms with Crippen LogP contribution in [-0.4, -0.2) is 27.8 Å². The van der Waals surface area contributed by atoms with Gasteiger partial charge in [0.15, 0.2) is 0 Å². The zero-order valence-corrected chi connectivity index (χ0v) is 19.3. The van der Waals surface area contributed by atoms with E-state index in [1.54, 1.807) is 14.2 Å². The number of methoxy groups -OCH3 is 1. The van der Waals surface area contributed by atoms with Gasteiger partial charge in [-0.1, -0.05) is 42.8 Å². The van der Waals surface area contributed by atoms with Gasteiger partial charge in [0.2, 0.25) is 11.2 Å². The summed E-state index contributed by atoms with van der Waals surface area (Å²) in [5.74, 6) is 1.85. The average Bonchev–Trinajstić information content (AvgIpc) is 3.19. The van der Waals surface area contributed by atoms with Gasteiger partial charge in [0.25, 0.3) is 5.56 Å². The number of benzene rings is 2. The minimum atomic E-state index is -0.339. The largest absolute Gasteiger partial charge is 0.497 e. The van der Waals surface area contributed by atoms with Crippen LogP contribution >= 0.6 is 0 Å². The van der Waals surface area contributed by atoms with E-state index in [1.165, 1.54) is 9.13 Å². The smallest absolute Gasteiger partial charge is 0.364 e. The van der Waals surface area contributed by atoms with Crippen LogP contribution in [-0.2, 0) is 20.1 Å². The van der Waals surface area contributed by atoms with Crippen molar-refractivity contribution in [1.82, 2.24) is 14.1 Å². The first kappa shape index (κ1) is 21.1. The Morgan fingerprint density at radius 1 is 1.15 bits per heavy atom. The second-order valence-corrected chi connectivity index (χ2v) is 8.90. The Bertz CT molecular complexity index is 1480.